The second kappa shape index (κ2) is 12.1. The van der Waals surface area contributed by atoms with Gasteiger partial charge in [0.1, 0.15) is 33.5 Å². The fourth-order valence-electron chi connectivity index (χ4n) is 4.45. The monoisotopic (exact) mass is 574 g/mol. The van der Waals surface area contributed by atoms with E-state index in [1.165, 1.54) is 54.0 Å². The number of carbonyl (C=O) groups excluding carboxylic acids is 1. The van der Waals surface area contributed by atoms with Gasteiger partial charge in [0, 0.05) is 17.2 Å². The number of rotatable bonds is 11. The molecule has 0 saturated carbocycles. The molecule has 3 aromatic heterocycles. The Kier molecular flexibility index (Phi) is 8.81. The highest BCUT2D eigenvalue weighted by Gasteiger charge is 2.29. The number of carbonyl (C=O) groups is 1. The van der Waals surface area contributed by atoms with Gasteiger partial charge >= 0.3 is 5.69 Å². The molecule has 0 radical (unpaired) electrons. The molecule has 40 heavy (non-hydrogen) atoms. The molecule has 2 atom stereocenters. The number of fused-ring (bicyclic) bond motifs is 1. The van der Waals surface area contributed by atoms with Gasteiger partial charge < -0.3 is 19.9 Å². The van der Waals surface area contributed by atoms with Crippen LogP contribution in [0.4, 0.5) is 4.39 Å². The van der Waals surface area contributed by atoms with Gasteiger partial charge in [0.25, 0.3) is 5.56 Å². The van der Waals surface area contributed by atoms with Crippen molar-refractivity contribution in [1.29, 1.82) is 0 Å². The number of aromatic nitrogens is 5. The molecular weight excluding hydrogens is 543 g/mol. The predicted octanol–water partition coefficient (Wildman–Crippen LogP) is 2.10. The number of amides is 1. The third kappa shape index (κ3) is 5.55. The maximum atomic E-state index is 14.3. The van der Waals surface area contributed by atoms with E-state index < -0.39 is 35.1 Å². The van der Waals surface area contributed by atoms with Gasteiger partial charge in [-0.3, -0.25) is 14.2 Å². The second-order valence-corrected chi connectivity index (χ2v) is 10.4. The number of aliphatic hydroxyl groups is 1. The number of nitrogens with zero attached hydrogens (tertiary/aromatic N) is 5. The van der Waals surface area contributed by atoms with E-state index >= 15 is 0 Å². The summed E-state index contributed by atoms with van der Waals surface area (Å²) < 4.78 is 27.9. The zero-order valence-electron chi connectivity index (χ0n) is 22.8. The molecule has 0 fully saturated rings. The van der Waals surface area contributed by atoms with E-state index in [2.05, 4.69) is 15.5 Å². The van der Waals surface area contributed by atoms with Crippen LogP contribution in [0.25, 0.3) is 15.2 Å². The van der Waals surface area contributed by atoms with Gasteiger partial charge in [-0.25, -0.2) is 13.8 Å². The van der Waals surface area contributed by atoms with Crippen molar-refractivity contribution in [2.45, 2.75) is 52.4 Å². The highest BCUT2D eigenvalue weighted by Crippen LogP contribution is 2.34. The first-order chi connectivity index (χ1) is 19.1. The van der Waals surface area contributed by atoms with Crippen LogP contribution in [0.3, 0.4) is 0 Å². The molecule has 2 N–H and O–H groups in total. The molecule has 0 aliphatic heterocycles. The molecule has 4 rings (SSSR count). The Hall–Kier alpha value is -3.88. The van der Waals surface area contributed by atoms with Crippen molar-refractivity contribution < 1.29 is 23.8 Å². The number of benzene rings is 1. The number of aryl methyl sites for hydroxylation is 1. The van der Waals surface area contributed by atoms with Gasteiger partial charge in [-0.2, -0.15) is 10.2 Å². The molecule has 0 aliphatic rings. The highest BCUT2D eigenvalue weighted by atomic mass is 32.1. The van der Waals surface area contributed by atoms with E-state index in [0.717, 1.165) is 15.9 Å². The number of ether oxygens (including phenoxy) is 2. The standard InChI is InChI=1S/C26H31FN6O6S/c1-14(2)30-22(35)16(4)32-23(36)21-15(3)24(33-28-8-9-29-33)40-25(21)31(26(32)37)13-20(39-11-10-34)18-12-17(27)6-7-19(18)38-5/h6-9,12,14,16,20,34H,10-11,13H2,1-5H3,(H,30,35)/t16-,20+/m1/s1. The minimum absolute atomic E-state index is 0.110. The minimum atomic E-state index is -1.14. The van der Waals surface area contributed by atoms with Crippen molar-refractivity contribution in [2.75, 3.05) is 20.3 Å². The van der Waals surface area contributed by atoms with Crippen LogP contribution in [-0.2, 0) is 16.1 Å². The van der Waals surface area contributed by atoms with Gasteiger partial charge in [-0.1, -0.05) is 11.3 Å². The Morgan fingerprint density at radius 3 is 2.52 bits per heavy atom. The molecule has 0 aliphatic carbocycles. The van der Waals surface area contributed by atoms with E-state index in [9.17, 15) is 23.9 Å². The van der Waals surface area contributed by atoms with Crippen LogP contribution in [0, 0.1) is 12.7 Å². The zero-order chi connectivity index (χ0) is 29.1. The summed E-state index contributed by atoms with van der Waals surface area (Å²) in [5.74, 6) is -0.730. The van der Waals surface area contributed by atoms with E-state index in [4.69, 9.17) is 9.47 Å². The first-order valence-corrected chi connectivity index (χ1v) is 13.4. The first-order valence-electron chi connectivity index (χ1n) is 12.6. The van der Waals surface area contributed by atoms with Crippen molar-refractivity contribution in [3.05, 3.63) is 68.4 Å². The van der Waals surface area contributed by atoms with Crippen LogP contribution in [0.15, 0.2) is 40.2 Å². The van der Waals surface area contributed by atoms with Crippen LogP contribution in [0.2, 0.25) is 0 Å². The molecule has 3 heterocycles. The van der Waals surface area contributed by atoms with Crippen LogP contribution in [-0.4, -0.2) is 61.5 Å². The maximum Gasteiger partial charge on any atom is 0.332 e. The predicted molar refractivity (Wildman–Crippen MR) is 147 cm³/mol. The molecule has 0 saturated heterocycles. The lowest BCUT2D eigenvalue weighted by molar-refractivity contribution is -0.124. The van der Waals surface area contributed by atoms with E-state index in [1.807, 2.05) is 0 Å². The molecular formula is C26H31FN6O6S. The third-order valence-electron chi connectivity index (χ3n) is 6.31. The van der Waals surface area contributed by atoms with Gasteiger partial charge in [0.15, 0.2) is 0 Å². The molecule has 1 aromatic carbocycles. The lowest BCUT2D eigenvalue weighted by atomic mass is 10.1. The Labute approximate surface area is 232 Å². The fourth-order valence-corrected chi connectivity index (χ4v) is 5.67. The highest BCUT2D eigenvalue weighted by molar-refractivity contribution is 7.21. The van der Waals surface area contributed by atoms with Crippen LogP contribution in [0.5, 0.6) is 5.75 Å². The number of hydrogen-bond donors (Lipinski definition) is 2. The number of halogens is 1. The minimum Gasteiger partial charge on any atom is -0.496 e. The first kappa shape index (κ1) is 29.1. The lowest BCUT2D eigenvalue weighted by Crippen LogP contribution is -2.47. The third-order valence-corrected chi connectivity index (χ3v) is 7.59. The molecule has 214 valence electrons. The Bertz CT molecular complexity index is 1630. The summed E-state index contributed by atoms with van der Waals surface area (Å²) in [6.07, 6.45) is 2.02. The van der Waals surface area contributed by atoms with Gasteiger partial charge in [-0.15, -0.1) is 4.80 Å². The quantitative estimate of drug-likeness (QED) is 0.277. The van der Waals surface area contributed by atoms with Gasteiger partial charge in [0.05, 0.1) is 44.6 Å². The maximum absolute atomic E-state index is 14.3. The number of aliphatic hydroxyl groups excluding tert-OH is 1. The number of methoxy groups -OCH3 is 1. The van der Waals surface area contributed by atoms with E-state index in [-0.39, 0.29) is 31.2 Å². The molecule has 1 amide bonds. The number of nitrogens with one attached hydrogen (secondary N) is 1. The van der Waals surface area contributed by atoms with Crippen LogP contribution < -0.4 is 21.3 Å². The van der Waals surface area contributed by atoms with Crippen LogP contribution in [0.1, 0.15) is 44.0 Å². The van der Waals surface area contributed by atoms with Crippen molar-refractivity contribution in [3.8, 4) is 10.8 Å². The SMILES string of the molecule is COc1ccc(F)cc1[C@H](Cn1c(=O)n([C@H](C)C(=O)NC(C)C)c(=O)c2c(C)c(-n3nccn3)sc21)OCCO. The average Bonchev–Trinajstić information content (AvgIpc) is 3.56. The van der Waals surface area contributed by atoms with Gasteiger partial charge in [0.2, 0.25) is 5.91 Å². The summed E-state index contributed by atoms with van der Waals surface area (Å²) in [7, 11) is 1.42. The summed E-state index contributed by atoms with van der Waals surface area (Å²) in [5, 5.41) is 21.3. The van der Waals surface area contributed by atoms with Crippen molar-refractivity contribution in [2.24, 2.45) is 0 Å². The average molecular weight is 575 g/mol. The molecule has 4 aromatic rings. The summed E-state index contributed by atoms with van der Waals surface area (Å²) in [6.45, 7) is 6.13. The largest absolute Gasteiger partial charge is 0.496 e. The Morgan fingerprint density at radius 2 is 1.90 bits per heavy atom. The fraction of sp³-hybridized carbons (Fsp3) is 0.423. The van der Waals surface area contributed by atoms with Crippen LogP contribution >= 0.6 is 11.3 Å². The molecule has 12 nitrogen and oxygen atoms in total. The second-order valence-electron chi connectivity index (χ2n) is 9.41. The lowest BCUT2D eigenvalue weighted by Gasteiger charge is -2.23. The molecule has 0 bridgehead atoms. The Balaban J connectivity index is 1.99. The van der Waals surface area contributed by atoms with Crippen molar-refractivity contribution in [3.63, 3.8) is 0 Å². The van der Waals surface area contributed by atoms with E-state index in [1.54, 1.807) is 20.8 Å². The van der Waals surface area contributed by atoms with Crippen molar-refractivity contribution in [1.82, 2.24) is 29.4 Å². The molecule has 0 unspecified atom stereocenters. The van der Waals surface area contributed by atoms with Gasteiger partial charge in [-0.05, 0) is 45.9 Å². The normalized spacial score (nSPS) is 13.1. The Morgan fingerprint density at radius 1 is 1.20 bits per heavy atom. The summed E-state index contributed by atoms with van der Waals surface area (Å²) >= 11 is 1.13. The number of thiophene rings is 1. The smallest absolute Gasteiger partial charge is 0.332 e. The molecule has 0 spiro atoms. The zero-order valence-corrected chi connectivity index (χ0v) is 23.6. The topological polar surface area (TPSA) is 142 Å². The molecule has 14 heteroatoms. The summed E-state index contributed by atoms with van der Waals surface area (Å²) in [4.78, 5) is 42.4. The summed E-state index contributed by atoms with van der Waals surface area (Å²) in [6, 6.07) is 2.56. The number of hydrogen-bond acceptors (Lipinski definition) is 9. The summed E-state index contributed by atoms with van der Waals surface area (Å²) in [5.41, 5.74) is -0.554. The van der Waals surface area contributed by atoms with Crippen molar-refractivity contribution >= 4 is 27.5 Å². The van der Waals surface area contributed by atoms with E-state index in [0.29, 0.717) is 26.7 Å².